The van der Waals surface area contributed by atoms with Crippen LogP contribution < -0.4 is 4.90 Å². The van der Waals surface area contributed by atoms with Crippen molar-refractivity contribution in [1.29, 1.82) is 0 Å². The van der Waals surface area contributed by atoms with Gasteiger partial charge in [-0.15, -0.1) is 0 Å². The van der Waals surface area contributed by atoms with Crippen LogP contribution in [0.2, 0.25) is 0 Å². The second kappa shape index (κ2) is 10.1. The first-order valence-corrected chi connectivity index (χ1v) is 12.9. The van der Waals surface area contributed by atoms with Gasteiger partial charge in [0, 0.05) is 13.1 Å². The number of aliphatic hydroxyl groups is 1. The number of fused-ring (bicyclic) bond motifs is 2. The smallest absolute Gasteiger partial charge is 0.386 e. The van der Waals surface area contributed by atoms with Crippen LogP contribution in [0.4, 0.5) is 5.82 Å². The minimum Gasteiger partial charge on any atom is -0.386 e. The lowest BCUT2D eigenvalue weighted by Gasteiger charge is -2.27. The Hall–Kier alpha value is -1.62. The molecule has 1 unspecified atom stereocenters. The van der Waals surface area contributed by atoms with Crippen molar-refractivity contribution in [2.45, 2.75) is 76.9 Å². The minimum atomic E-state index is -4.19. The Morgan fingerprint density at radius 3 is 2.72 bits per heavy atom. The highest BCUT2D eigenvalue weighted by Crippen LogP contribution is 2.52. The number of ether oxygens (including phenoxy) is 1. The van der Waals surface area contributed by atoms with Gasteiger partial charge >= 0.3 is 7.82 Å². The third-order valence-electron chi connectivity index (χ3n) is 5.94. The average Bonchev–Trinajstić information content (AvgIpc) is 3.34. The molecule has 0 spiro atoms. The Labute approximate surface area is 187 Å². The number of aromatic nitrogens is 4. The number of hydrogen-bond donors (Lipinski definition) is 2. The molecule has 32 heavy (non-hydrogen) atoms. The van der Waals surface area contributed by atoms with E-state index in [1.165, 1.54) is 25.6 Å². The predicted molar refractivity (Wildman–Crippen MR) is 117 cm³/mol. The molecular weight excluding hydrogens is 437 g/mol. The quantitative estimate of drug-likeness (QED) is 0.395. The molecule has 2 N–H and O–H groups in total. The molecule has 0 saturated carbocycles. The average molecular weight is 469 g/mol. The van der Waals surface area contributed by atoms with Gasteiger partial charge in [-0.3, -0.25) is 13.6 Å². The number of hydrogen-bond acceptors (Lipinski definition) is 9. The number of phosphoric ester groups is 1. The van der Waals surface area contributed by atoms with Gasteiger partial charge in [0.15, 0.2) is 23.2 Å². The lowest BCUT2D eigenvalue weighted by molar-refractivity contribution is -0.0664. The van der Waals surface area contributed by atoms with Crippen LogP contribution in [0.5, 0.6) is 0 Å². The molecule has 2 aliphatic heterocycles. The largest absolute Gasteiger partial charge is 0.472 e. The fourth-order valence-corrected chi connectivity index (χ4v) is 5.19. The number of nitrogens with zero attached hydrogens (tertiary/aromatic N) is 5. The van der Waals surface area contributed by atoms with Crippen molar-refractivity contribution < 1.29 is 28.3 Å². The normalized spacial score (nSPS) is 30.0. The number of unbranched alkanes of at least 4 members (excludes halogenated alkanes) is 4. The molecule has 4 rings (SSSR count). The first-order chi connectivity index (χ1) is 15.4. The zero-order valence-corrected chi connectivity index (χ0v) is 19.4. The number of imidazole rings is 1. The summed E-state index contributed by atoms with van der Waals surface area (Å²) >= 11 is 0. The zero-order chi connectivity index (χ0) is 22.7. The summed E-state index contributed by atoms with van der Waals surface area (Å²) in [5, 5.41) is 10.8. The molecule has 0 radical (unpaired) electrons. The minimum absolute atomic E-state index is 0.137. The summed E-state index contributed by atoms with van der Waals surface area (Å²) in [6, 6.07) is 0. The Morgan fingerprint density at radius 1 is 1.16 bits per heavy atom. The fraction of sp³-hybridized carbons (Fsp3) is 0.750. The van der Waals surface area contributed by atoms with Crippen molar-refractivity contribution in [2.75, 3.05) is 24.6 Å². The molecule has 2 aromatic rings. The van der Waals surface area contributed by atoms with E-state index in [2.05, 4.69) is 33.7 Å². The van der Waals surface area contributed by atoms with Gasteiger partial charge in [0.05, 0.1) is 12.9 Å². The molecule has 2 saturated heterocycles. The van der Waals surface area contributed by atoms with Crippen LogP contribution in [0.3, 0.4) is 0 Å². The third-order valence-corrected chi connectivity index (χ3v) is 6.93. The summed E-state index contributed by atoms with van der Waals surface area (Å²) in [6.07, 6.45) is 6.15. The first-order valence-electron chi connectivity index (χ1n) is 11.4. The van der Waals surface area contributed by atoms with E-state index < -0.39 is 32.4 Å². The van der Waals surface area contributed by atoms with Crippen LogP contribution in [0.25, 0.3) is 11.2 Å². The topological polar surface area (TPSA) is 132 Å². The maximum Gasteiger partial charge on any atom is 0.472 e. The van der Waals surface area contributed by atoms with Crippen LogP contribution in [0, 0.1) is 0 Å². The summed E-state index contributed by atoms with van der Waals surface area (Å²) in [4.78, 5) is 25.3. The predicted octanol–water partition coefficient (Wildman–Crippen LogP) is 2.79. The van der Waals surface area contributed by atoms with Crippen molar-refractivity contribution >= 4 is 24.8 Å². The SMILES string of the molecule is CCCCCCN(CCCC)c1ncnc2c1ncn2[C@@H]1O[C@@H]2COP(=O)(O)O[C@H]2[C@H]1O. The van der Waals surface area contributed by atoms with Gasteiger partial charge in [0.25, 0.3) is 0 Å². The molecule has 0 bridgehead atoms. The maximum atomic E-state index is 11.8. The van der Waals surface area contributed by atoms with E-state index in [1.807, 2.05) is 0 Å². The molecule has 2 aliphatic rings. The molecule has 12 heteroatoms. The van der Waals surface area contributed by atoms with E-state index in [0.29, 0.717) is 11.2 Å². The lowest BCUT2D eigenvalue weighted by atomic mass is 10.1. The standard InChI is InChI=1S/C20H32N5O6P/c1-3-5-7-8-10-24(9-6-4-2)18-15-19(22-12-21-18)25(13-23-15)20-16(26)17-14(30-20)11-29-32(27,28)31-17/h12-14,16-17,20,26H,3-11H2,1-2H3,(H,27,28)/t14-,16-,17-,20-/m1/s1. The van der Waals surface area contributed by atoms with E-state index in [1.54, 1.807) is 10.9 Å². The molecular formula is C20H32N5O6P. The highest BCUT2D eigenvalue weighted by Gasteiger charge is 2.52. The maximum absolute atomic E-state index is 11.8. The van der Waals surface area contributed by atoms with Gasteiger partial charge in [-0.2, -0.15) is 0 Å². The van der Waals surface area contributed by atoms with Gasteiger partial charge in [-0.25, -0.2) is 19.5 Å². The van der Waals surface area contributed by atoms with Crippen molar-refractivity contribution in [2.24, 2.45) is 0 Å². The molecule has 0 amide bonds. The van der Waals surface area contributed by atoms with Crippen molar-refractivity contribution in [3.63, 3.8) is 0 Å². The van der Waals surface area contributed by atoms with Crippen LogP contribution >= 0.6 is 7.82 Å². The number of anilines is 1. The number of aliphatic hydroxyl groups excluding tert-OH is 1. The number of rotatable bonds is 10. The molecule has 2 fully saturated rings. The van der Waals surface area contributed by atoms with Crippen LogP contribution in [0.1, 0.15) is 58.6 Å². The Balaban J connectivity index is 1.59. The Kier molecular flexibility index (Phi) is 7.44. The molecule has 0 aromatic carbocycles. The van der Waals surface area contributed by atoms with E-state index in [-0.39, 0.29) is 6.61 Å². The lowest BCUT2D eigenvalue weighted by Crippen LogP contribution is -2.39. The Bertz CT molecular complexity index is 958. The van der Waals surface area contributed by atoms with Crippen molar-refractivity contribution in [3.8, 4) is 0 Å². The van der Waals surface area contributed by atoms with Gasteiger partial charge in [0.1, 0.15) is 24.6 Å². The summed E-state index contributed by atoms with van der Waals surface area (Å²) in [5.74, 6) is 0.767. The van der Waals surface area contributed by atoms with E-state index in [9.17, 15) is 14.6 Å². The van der Waals surface area contributed by atoms with E-state index in [4.69, 9.17) is 13.8 Å². The van der Waals surface area contributed by atoms with Gasteiger partial charge in [-0.05, 0) is 12.8 Å². The summed E-state index contributed by atoms with van der Waals surface area (Å²) in [7, 11) is -4.19. The van der Waals surface area contributed by atoms with Gasteiger partial charge in [0.2, 0.25) is 0 Å². The molecule has 4 heterocycles. The van der Waals surface area contributed by atoms with E-state index in [0.717, 1.165) is 38.2 Å². The summed E-state index contributed by atoms with van der Waals surface area (Å²) < 4.78 is 29.2. The van der Waals surface area contributed by atoms with Crippen molar-refractivity contribution in [3.05, 3.63) is 12.7 Å². The van der Waals surface area contributed by atoms with Crippen molar-refractivity contribution in [1.82, 2.24) is 19.5 Å². The first kappa shape index (κ1) is 23.5. The second-order valence-corrected chi connectivity index (χ2v) is 9.72. The van der Waals surface area contributed by atoms with Gasteiger partial charge in [-0.1, -0.05) is 39.5 Å². The molecule has 178 valence electrons. The van der Waals surface area contributed by atoms with Gasteiger partial charge < -0.3 is 19.6 Å². The van der Waals surface area contributed by atoms with Crippen LogP contribution in [-0.4, -0.2) is 67.5 Å². The summed E-state index contributed by atoms with van der Waals surface area (Å²) in [6.45, 7) is 5.99. The molecule has 2 aromatic heterocycles. The van der Waals surface area contributed by atoms with Crippen LogP contribution in [0.15, 0.2) is 12.7 Å². The van der Waals surface area contributed by atoms with Crippen LogP contribution in [-0.2, 0) is 18.3 Å². The molecule has 0 aliphatic carbocycles. The highest BCUT2D eigenvalue weighted by molar-refractivity contribution is 7.47. The monoisotopic (exact) mass is 469 g/mol. The molecule has 11 nitrogen and oxygen atoms in total. The summed E-state index contributed by atoms with van der Waals surface area (Å²) in [5.41, 5.74) is 1.16. The third kappa shape index (κ3) is 4.83. The van der Waals surface area contributed by atoms with E-state index >= 15 is 0 Å². The highest BCUT2D eigenvalue weighted by atomic mass is 31.2. The Morgan fingerprint density at radius 2 is 1.94 bits per heavy atom. The number of phosphoric acid groups is 1. The zero-order valence-electron chi connectivity index (χ0n) is 18.5. The molecule has 5 atom stereocenters. The second-order valence-electron chi connectivity index (χ2n) is 8.31. The fourth-order valence-electron chi connectivity index (χ4n) is 4.22.